The molecule has 28 heavy (non-hydrogen) atoms. The largest absolute Gasteiger partial charge is 0.509 e. The molecule has 1 aliphatic heterocycles. The van der Waals surface area contributed by atoms with Crippen LogP contribution in [-0.4, -0.2) is 34.0 Å². The van der Waals surface area contributed by atoms with E-state index in [2.05, 4.69) is 27.3 Å². The molecule has 0 saturated carbocycles. The van der Waals surface area contributed by atoms with Crippen LogP contribution in [0.1, 0.15) is 11.1 Å². The number of nitrogens with zero attached hydrogens (tertiary/aromatic N) is 2. The van der Waals surface area contributed by atoms with Gasteiger partial charge in [-0.1, -0.05) is 42.5 Å². The smallest absolute Gasteiger partial charge is 0.261 e. The first-order valence-electron chi connectivity index (χ1n) is 9.12. The molecule has 0 atom stereocenters. The fraction of sp³-hybridized carbons (Fsp3) is 0.182. The number of aromatic nitrogens is 1. The maximum absolute atomic E-state index is 12.0. The van der Waals surface area contributed by atoms with Gasteiger partial charge in [0.1, 0.15) is 17.0 Å². The fourth-order valence-electron chi connectivity index (χ4n) is 3.33. The van der Waals surface area contributed by atoms with Crippen LogP contribution in [0.15, 0.2) is 72.8 Å². The molecule has 0 bridgehead atoms. The van der Waals surface area contributed by atoms with Crippen molar-refractivity contribution in [2.45, 2.75) is 13.1 Å². The predicted molar refractivity (Wildman–Crippen MR) is 107 cm³/mol. The second-order valence-electron chi connectivity index (χ2n) is 6.74. The highest BCUT2D eigenvalue weighted by atomic mass is 16.5. The zero-order valence-corrected chi connectivity index (χ0v) is 15.3. The number of pyridine rings is 1. The molecule has 2 heterocycles. The van der Waals surface area contributed by atoms with Crippen LogP contribution in [0.2, 0.25) is 0 Å². The highest BCUT2D eigenvalue weighted by Gasteiger charge is 2.18. The summed E-state index contributed by atoms with van der Waals surface area (Å²) in [5.74, 6) is 0.313. The molecule has 3 aromatic rings. The Morgan fingerprint density at radius 1 is 1.11 bits per heavy atom. The number of carbonyl (C=O) groups excluding carboxylic acids is 1. The highest BCUT2D eigenvalue weighted by molar-refractivity contribution is 5.85. The van der Waals surface area contributed by atoms with E-state index in [1.165, 1.54) is 17.3 Å². The third kappa shape index (κ3) is 4.13. The minimum Gasteiger partial charge on any atom is -0.509 e. The summed E-state index contributed by atoms with van der Waals surface area (Å²) in [7, 11) is 0. The first-order chi connectivity index (χ1) is 13.7. The van der Waals surface area contributed by atoms with Crippen molar-refractivity contribution in [1.29, 1.82) is 0 Å². The summed E-state index contributed by atoms with van der Waals surface area (Å²) in [5, 5.41) is 13.6. The van der Waals surface area contributed by atoms with Crippen molar-refractivity contribution in [3.63, 3.8) is 0 Å². The number of hydrogen-bond acceptors (Lipinski definition) is 5. The number of nitrogens with one attached hydrogen (secondary N) is 1. The average molecular weight is 375 g/mol. The Bertz CT molecular complexity index is 1000. The Morgan fingerprint density at radius 2 is 1.86 bits per heavy atom. The zero-order valence-electron chi connectivity index (χ0n) is 15.3. The monoisotopic (exact) mass is 375 g/mol. The molecule has 6 heteroatoms. The van der Waals surface area contributed by atoms with Crippen molar-refractivity contribution in [3.05, 3.63) is 83.9 Å². The quantitative estimate of drug-likeness (QED) is 0.648. The number of carbonyl (C=O) groups is 1. The van der Waals surface area contributed by atoms with Gasteiger partial charge in [0.15, 0.2) is 6.61 Å². The predicted octanol–water partition coefficient (Wildman–Crippen LogP) is 3.15. The van der Waals surface area contributed by atoms with E-state index >= 15 is 0 Å². The van der Waals surface area contributed by atoms with Crippen LogP contribution in [0.25, 0.3) is 10.9 Å². The Morgan fingerprint density at radius 3 is 2.64 bits per heavy atom. The zero-order chi connectivity index (χ0) is 19.3. The Labute approximate surface area is 163 Å². The summed E-state index contributed by atoms with van der Waals surface area (Å²) in [4.78, 5) is 18.5. The first-order valence-corrected chi connectivity index (χ1v) is 9.12. The standard InChI is InChI=1S/C22H21N3O3/c26-19(14-25-12-17-5-1-2-6-18(17)13-25)11-24-21(27)15-28-20-9-3-7-16-8-4-10-23-22(16)20/h1-11,26H,12-15H2,(H,24,27)/b19-11-. The van der Waals surface area contributed by atoms with Gasteiger partial charge >= 0.3 is 0 Å². The van der Waals surface area contributed by atoms with Crippen LogP contribution >= 0.6 is 0 Å². The summed E-state index contributed by atoms with van der Waals surface area (Å²) >= 11 is 0. The molecule has 142 valence electrons. The Balaban J connectivity index is 1.28. The molecule has 1 aliphatic rings. The molecule has 1 amide bonds. The number of aliphatic hydroxyl groups is 1. The van der Waals surface area contributed by atoms with Gasteiger partial charge in [0.05, 0.1) is 6.54 Å². The molecule has 6 nitrogen and oxygen atoms in total. The minimum absolute atomic E-state index is 0.105. The van der Waals surface area contributed by atoms with Gasteiger partial charge in [-0.15, -0.1) is 0 Å². The van der Waals surface area contributed by atoms with Gasteiger partial charge in [0.2, 0.25) is 0 Å². The molecule has 0 aliphatic carbocycles. The fourth-order valence-corrected chi connectivity index (χ4v) is 3.33. The number of fused-ring (bicyclic) bond motifs is 2. The first kappa shape index (κ1) is 18.0. The molecule has 0 saturated heterocycles. The van der Waals surface area contributed by atoms with Crippen LogP contribution in [0.5, 0.6) is 5.75 Å². The van der Waals surface area contributed by atoms with Crippen LogP contribution in [0.3, 0.4) is 0 Å². The van der Waals surface area contributed by atoms with Crippen molar-refractivity contribution >= 4 is 16.8 Å². The number of hydrogen-bond donors (Lipinski definition) is 2. The normalized spacial score (nSPS) is 14.1. The molecule has 0 fully saturated rings. The molecule has 0 unspecified atom stereocenters. The molecule has 1 aromatic heterocycles. The number of aliphatic hydroxyl groups excluding tert-OH is 1. The van der Waals surface area contributed by atoms with E-state index in [9.17, 15) is 9.90 Å². The molecule has 2 N–H and O–H groups in total. The third-order valence-electron chi connectivity index (χ3n) is 4.65. The van der Waals surface area contributed by atoms with E-state index < -0.39 is 0 Å². The van der Waals surface area contributed by atoms with Gasteiger partial charge < -0.3 is 15.2 Å². The lowest BCUT2D eigenvalue weighted by molar-refractivity contribution is -0.122. The van der Waals surface area contributed by atoms with Crippen molar-refractivity contribution < 1.29 is 14.6 Å². The molecular weight excluding hydrogens is 354 g/mol. The van der Waals surface area contributed by atoms with Gasteiger partial charge in [-0.2, -0.15) is 0 Å². The van der Waals surface area contributed by atoms with Gasteiger partial charge in [0.25, 0.3) is 5.91 Å². The van der Waals surface area contributed by atoms with Gasteiger partial charge in [-0.3, -0.25) is 14.7 Å². The summed E-state index contributed by atoms with van der Waals surface area (Å²) in [6.45, 7) is 1.80. The van der Waals surface area contributed by atoms with E-state index in [0.29, 0.717) is 17.8 Å². The van der Waals surface area contributed by atoms with Crippen molar-refractivity contribution in [3.8, 4) is 5.75 Å². The number of ether oxygens (including phenoxy) is 1. The molecular formula is C22H21N3O3. The van der Waals surface area contributed by atoms with Crippen LogP contribution in [-0.2, 0) is 17.9 Å². The van der Waals surface area contributed by atoms with E-state index in [1.807, 2.05) is 36.4 Å². The molecule has 0 radical (unpaired) electrons. The number of rotatable bonds is 6. The van der Waals surface area contributed by atoms with E-state index in [4.69, 9.17) is 4.74 Å². The SMILES string of the molecule is O=C(COc1cccc2cccnc12)N/C=C(\O)CN1Cc2ccccc2C1. The van der Waals surface area contributed by atoms with E-state index in [1.54, 1.807) is 12.3 Å². The van der Waals surface area contributed by atoms with E-state index in [0.717, 1.165) is 18.5 Å². The van der Waals surface area contributed by atoms with Crippen molar-refractivity contribution in [2.75, 3.05) is 13.2 Å². The number of benzene rings is 2. The summed E-state index contributed by atoms with van der Waals surface area (Å²) in [6.07, 6.45) is 3.02. The lowest BCUT2D eigenvalue weighted by Gasteiger charge is -2.14. The van der Waals surface area contributed by atoms with E-state index in [-0.39, 0.29) is 18.3 Å². The van der Waals surface area contributed by atoms with Crippen LogP contribution in [0, 0.1) is 0 Å². The summed E-state index contributed by atoms with van der Waals surface area (Å²) in [6, 6.07) is 17.6. The van der Waals surface area contributed by atoms with Crippen molar-refractivity contribution in [2.24, 2.45) is 0 Å². The minimum atomic E-state index is -0.343. The highest BCUT2D eigenvalue weighted by Crippen LogP contribution is 2.23. The lowest BCUT2D eigenvalue weighted by Crippen LogP contribution is -2.26. The topological polar surface area (TPSA) is 74.7 Å². The molecule has 2 aromatic carbocycles. The second kappa shape index (κ2) is 8.10. The Hall–Kier alpha value is -3.38. The average Bonchev–Trinajstić information content (AvgIpc) is 3.13. The maximum Gasteiger partial charge on any atom is 0.261 e. The molecule has 0 spiro atoms. The number of amides is 1. The lowest BCUT2D eigenvalue weighted by atomic mass is 10.1. The van der Waals surface area contributed by atoms with Crippen LogP contribution in [0.4, 0.5) is 0 Å². The van der Waals surface area contributed by atoms with Gasteiger partial charge in [0, 0.05) is 30.9 Å². The second-order valence-corrected chi connectivity index (χ2v) is 6.74. The number of para-hydroxylation sites is 1. The van der Waals surface area contributed by atoms with Gasteiger partial charge in [-0.25, -0.2) is 0 Å². The summed E-state index contributed by atoms with van der Waals surface area (Å²) in [5.41, 5.74) is 3.26. The van der Waals surface area contributed by atoms with Crippen LogP contribution < -0.4 is 10.1 Å². The Kier molecular flexibility index (Phi) is 5.21. The molecule has 4 rings (SSSR count). The van der Waals surface area contributed by atoms with Gasteiger partial charge in [-0.05, 0) is 23.3 Å². The third-order valence-corrected chi connectivity index (χ3v) is 4.65. The summed E-state index contributed by atoms with van der Waals surface area (Å²) < 4.78 is 5.59. The van der Waals surface area contributed by atoms with Crippen molar-refractivity contribution in [1.82, 2.24) is 15.2 Å². The maximum atomic E-state index is 12.0.